The van der Waals surface area contributed by atoms with Crippen LogP contribution >= 0.6 is 0 Å². The molecule has 0 aromatic carbocycles. The Kier molecular flexibility index (Phi) is 3.59. The van der Waals surface area contributed by atoms with Gasteiger partial charge in [0, 0.05) is 19.8 Å². The first kappa shape index (κ1) is 11.6. The lowest BCUT2D eigenvalue weighted by Gasteiger charge is -2.28. The Labute approximate surface area is 82.6 Å². The fourth-order valence-corrected chi connectivity index (χ4v) is 1.58. The maximum Gasteiger partial charge on any atom is 0.268 e. The highest BCUT2D eigenvalue weighted by Crippen LogP contribution is 2.25. The minimum absolute atomic E-state index is 0.118. The van der Waals surface area contributed by atoms with Gasteiger partial charge in [0.05, 0.1) is 6.10 Å². The van der Waals surface area contributed by atoms with Gasteiger partial charge in [-0.3, -0.25) is 4.79 Å². The van der Waals surface area contributed by atoms with Gasteiger partial charge in [-0.25, -0.2) is 8.78 Å². The first-order valence-corrected chi connectivity index (χ1v) is 4.89. The minimum atomic E-state index is -2.81. The number of ketones is 1. The van der Waals surface area contributed by atoms with Gasteiger partial charge in [0.25, 0.3) is 5.92 Å². The molecule has 2 nitrogen and oxygen atoms in total. The van der Waals surface area contributed by atoms with E-state index in [4.69, 9.17) is 4.74 Å². The molecular formula is C10H16F2O2. The number of hydrogen-bond acceptors (Lipinski definition) is 2. The van der Waals surface area contributed by atoms with Gasteiger partial charge in [0.1, 0.15) is 12.4 Å². The molecule has 0 amide bonds. The van der Waals surface area contributed by atoms with E-state index < -0.39 is 12.5 Å². The van der Waals surface area contributed by atoms with Gasteiger partial charge in [0.15, 0.2) is 0 Å². The third-order valence-corrected chi connectivity index (χ3v) is 2.49. The molecule has 14 heavy (non-hydrogen) atoms. The van der Waals surface area contributed by atoms with Crippen LogP contribution in [0.1, 0.15) is 33.1 Å². The van der Waals surface area contributed by atoms with E-state index in [9.17, 15) is 13.6 Å². The molecule has 1 aliphatic carbocycles. The lowest BCUT2D eigenvalue weighted by Crippen LogP contribution is -2.33. The predicted molar refractivity (Wildman–Crippen MR) is 48.4 cm³/mol. The Bertz CT molecular complexity index is 211. The highest BCUT2D eigenvalue weighted by atomic mass is 19.3. The molecule has 0 aliphatic heterocycles. The molecule has 0 heterocycles. The summed E-state index contributed by atoms with van der Waals surface area (Å²) >= 11 is 0. The number of Topliss-reactive ketones (excluding diaryl/α,β-unsaturated/α-hetero) is 1. The fraction of sp³-hybridized carbons (Fsp3) is 0.900. The highest BCUT2D eigenvalue weighted by molar-refractivity contribution is 5.79. The van der Waals surface area contributed by atoms with Crippen molar-refractivity contribution in [2.24, 2.45) is 5.92 Å². The van der Waals surface area contributed by atoms with E-state index >= 15 is 0 Å². The molecule has 0 spiro atoms. The third kappa shape index (κ3) is 3.70. The molecule has 1 rings (SSSR count). The molecule has 1 aliphatic rings. The van der Waals surface area contributed by atoms with Gasteiger partial charge in [-0.1, -0.05) is 6.92 Å². The van der Waals surface area contributed by atoms with Crippen molar-refractivity contribution in [3.05, 3.63) is 0 Å². The summed E-state index contributed by atoms with van der Waals surface area (Å²) in [6.07, 6.45) is 1.28. The van der Waals surface area contributed by atoms with E-state index in [0.29, 0.717) is 6.42 Å². The Hall–Kier alpha value is -0.510. The normalized spacial score (nSPS) is 29.3. The van der Waals surface area contributed by atoms with E-state index in [2.05, 4.69) is 0 Å². The zero-order valence-electron chi connectivity index (χ0n) is 8.56. The summed E-state index contributed by atoms with van der Waals surface area (Å²) in [7, 11) is 0. The van der Waals surface area contributed by atoms with Gasteiger partial charge in [-0.15, -0.1) is 0 Å². The Morgan fingerprint density at radius 2 is 2.21 bits per heavy atom. The van der Waals surface area contributed by atoms with E-state index in [-0.39, 0.29) is 24.2 Å². The van der Waals surface area contributed by atoms with Crippen molar-refractivity contribution in [1.29, 1.82) is 0 Å². The van der Waals surface area contributed by atoms with Crippen molar-refractivity contribution in [2.75, 3.05) is 6.61 Å². The molecular weight excluding hydrogens is 190 g/mol. The second kappa shape index (κ2) is 4.34. The number of alkyl halides is 2. The topological polar surface area (TPSA) is 26.3 Å². The fourth-order valence-electron chi connectivity index (χ4n) is 1.58. The van der Waals surface area contributed by atoms with Crippen LogP contribution in [0, 0.1) is 5.92 Å². The smallest absolute Gasteiger partial charge is 0.268 e. The second-order valence-corrected chi connectivity index (χ2v) is 4.18. The van der Waals surface area contributed by atoms with Gasteiger partial charge in [-0.2, -0.15) is 0 Å². The summed E-state index contributed by atoms with van der Waals surface area (Å²) in [6.45, 7) is 2.17. The molecule has 0 aromatic rings. The van der Waals surface area contributed by atoms with Crippen molar-refractivity contribution in [3.8, 4) is 0 Å². The Balaban J connectivity index is 2.38. The van der Waals surface area contributed by atoms with Crippen LogP contribution in [0.25, 0.3) is 0 Å². The summed E-state index contributed by atoms with van der Waals surface area (Å²) in [5.41, 5.74) is 0. The number of ether oxygens (including phenoxy) is 1. The van der Waals surface area contributed by atoms with Crippen LogP contribution in [0.5, 0.6) is 0 Å². The standard InChI is InChI=1S/C10H16F2O2/c1-7-3-4-8(13)5-9(7)14-6-10(2,11)12/h7,9H,3-6H2,1-2H3. The van der Waals surface area contributed by atoms with Crippen LogP contribution in [-0.2, 0) is 9.53 Å². The molecule has 2 atom stereocenters. The van der Waals surface area contributed by atoms with Crippen molar-refractivity contribution in [3.63, 3.8) is 0 Å². The second-order valence-electron chi connectivity index (χ2n) is 4.18. The first-order valence-electron chi connectivity index (χ1n) is 4.89. The van der Waals surface area contributed by atoms with Crippen LogP contribution in [0.3, 0.4) is 0 Å². The molecule has 1 saturated carbocycles. The largest absolute Gasteiger partial charge is 0.371 e. The van der Waals surface area contributed by atoms with Gasteiger partial charge in [-0.05, 0) is 12.3 Å². The molecule has 1 fully saturated rings. The van der Waals surface area contributed by atoms with Crippen LogP contribution in [0.2, 0.25) is 0 Å². The molecule has 82 valence electrons. The average molecular weight is 206 g/mol. The summed E-state index contributed by atoms with van der Waals surface area (Å²) in [5.74, 6) is -2.48. The summed E-state index contributed by atoms with van der Waals surface area (Å²) in [6, 6.07) is 0. The predicted octanol–water partition coefficient (Wildman–Crippen LogP) is 2.42. The summed E-state index contributed by atoms with van der Waals surface area (Å²) in [4.78, 5) is 11.1. The quantitative estimate of drug-likeness (QED) is 0.708. The lowest BCUT2D eigenvalue weighted by atomic mass is 9.87. The van der Waals surface area contributed by atoms with E-state index in [0.717, 1.165) is 13.3 Å². The van der Waals surface area contributed by atoms with Crippen molar-refractivity contribution in [1.82, 2.24) is 0 Å². The van der Waals surface area contributed by atoms with Crippen molar-refractivity contribution < 1.29 is 18.3 Å². The number of carbonyl (C=O) groups is 1. The number of rotatable bonds is 3. The van der Waals surface area contributed by atoms with Gasteiger partial charge < -0.3 is 4.74 Å². The minimum Gasteiger partial charge on any atom is -0.371 e. The first-order chi connectivity index (χ1) is 6.38. The molecule has 4 heteroatoms. The van der Waals surface area contributed by atoms with Crippen LogP contribution in [0.15, 0.2) is 0 Å². The number of halogens is 2. The lowest BCUT2D eigenvalue weighted by molar-refractivity contribution is -0.135. The monoisotopic (exact) mass is 206 g/mol. The van der Waals surface area contributed by atoms with Crippen molar-refractivity contribution in [2.45, 2.75) is 45.1 Å². The van der Waals surface area contributed by atoms with E-state index in [1.165, 1.54) is 0 Å². The highest BCUT2D eigenvalue weighted by Gasteiger charge is 2.30. The average Bonchev–Trinajstić information content (AvgIpc) is 2.05. The number of hydrogen-bond donors (Lipinski definition) is 0. The summed E-state index contributed by atoms with van der Waals surface area (Å²) < 4.78 is 30.0. The SMILES string of the molecule is CC1CCC(=O)CC1OCC(C)(F)F. The molecule has 0 bridgehead atoms. The van der Waals surface area contributed by atoms with E-state index in [1.807, 2.05) is 6.92 Å². The van der Waals surface area contributed by atoms with Crippen LogP contribution in [-0.4, -0.2) is 24.4 Å². The zero-order chi connectivity index (χ0) is 10.8. The molecule has 2 unspecified atom stereocenters. The molecule has 0 N–H and O–H groups in total. The maximum absolute atomic E-state index is 12.5. The zero-order valence-corrected chi connectivity index (χ0v) is 8.56. The molecule has 0 radical (unpaired) electrons. The Morgan fingerprint density at radius 3 is 2.79 bits per heavy atom. The molecule has 0 saturated heterocycles. The van der Waals surface area contributed by atoms with Gasteiger partial charge in [0.2, 0.25) is 0 Å². The van der Waals surface area contributed by atoms with Gasteiger partial charge >= 0.3 is 0 Å². The van der Waals surface area contributed by atoms with Crippen LogP contribution < -0.4 is 0 Å². The van der Waals surface area contributed by atoms with Crippen LogP contribution in [0.4, 0.5) is 8.78 Å². The Morgan fingerprint density at radius 1 is 1.57 bits per heavy atom. The molecule has 0 aromatic heterocycles. The number of carbonyl (C=O) groups excluding carboxylic acids is 1. The van der Waals surface area contributed by atoms with E-state index in [1.54, 1.807) is 0 Å². The maximum atomic E-state index is 12.5. The van der Waals surface area contributed by atoms with Crippen molar-refractivity contribution >= 4 is 5.78 Å². The third-order valence-electron chi connectivity index (χ3n) is 2.49. The summed E-state index contributed by atoms with van der Waals surface area (Å²) in [5, 5.41) is 0.